The summed E-state index contributed by atoms with van der Waals surface area (Å²) in [5.41, 5.74) is 4.83. The maximum Gasteiger partial charge on any atom is 0.340 e. The van der Waals surface area contributed by atoms with Crippen LogP contribution in [0.4, 0.5) is 0 Å². The van der Waals surface area contributed by atoms with Gasteiger partial charge >= 0.3 is 23.9 Å². The second kappa shape index (κ2) is 48.7. The first-order chi connectivity index (χ1) is 50.3. The first kappa shape index (κ1) is 85.7. The maximum absolute atomic E-state index is 15.2. The van der Waals surface area contributed by atoms with E-state index in [1.54, 1.807) is 22.7 Å². The first-order valence-electron chi connectivity index (χ1n) is 41.5. The normalized spacial score (nSPS) is 11.9. The van der Waals surface area contributed by atoms with Crippen molar-refractivity contribution >= 4 is 112 Å². The predicted octanol–water partition coefficient (Wildman–Crippen LogP) is 29.9. The topological polar surface area (TPSA) is 131 Å². The van der Waals surface area contributed by atoms with Crippen molar-refractivity contribution in [2.45, 2.75) is 363 Å². The van der Waals surface area contributed by atoms with Crippen molar-refractivity contribution in [1.82, 2.24) is 8.75 Å². The molecule has 0 aliphatic heterocycles. The van der Waals surface area contributed by atoms with Crippen LogP contribution in [0.5, 0.6) is 0 Å². The van der Waals surface area contributed by atoms with Gasteiger partial charge in [-0.3, -0.25) is 0 Å². The average molecular weight is 1510 g/mol. The van der Waals surface area contributed by atoms with Gasteiger partial charge in [-0.2, -0.15) is 8.75 Å². The van der Waals surface area contributed by atoms with Crippen LogP contribution in [0.15, 0.2) is 36.4 Å². The molecule has 0 atom stereocenters. The molecule has 0 aliphatic carbocycles. The van der Waals surface area contributed by atoms with Gasteiger partial charge in [0.25, 0.3) is 0 Å². The Kier molecular flexibility index (Phi) is 40.5. The maximum atomic E-state index is 15.2. The number of rotatable bonds is 58. The van der Waals surface area contributed by atoms with E-state index in [1.807, 2.05) is 18.2 Å². The van der Waals surface area contributed by atoms with Crippen molar-refractivity contribution in [3.63, 3.8) is 0 Å². The molecule has 2 aromatic carbocycles. The molecule has 10 nitrogen and oxygen atoms in total. The number of benzene rings is 2. The summed E-state index contributed by atoms with van der Waals surface area (Å²) >= 11 is 7.24. The van der Waals surface area contributed by atoms with Crippen LogP contribution < -0.4 is 0 Å². The molecule has 0 radical (unpaired) electrons. The molecule has 5 aromatic heterocycles. The zero-order valence-corrected chi connectivity index (χ0v) is 69.5. The van der Waals surface area contributed by atoms with E-state index in [0.29, 0.717) is 74.5 Å². The number of carbonyl (C=O) groups excluding carboxylic acids is 4. The minimum atomic E-state index is -0.417. The summed E-state index contributed by atoms with van der Waals surface area (Å²) in [5.74, 6) is -1.40. The number of thiophene rings is 4. The Hall–Kier alpha value is -4.54. The van der Waals surface area contributed by atoms with Gasteiger partial charge in [-0.05, 0) is 67.7 Å². The first-order valence-corrected chi connectivity index (χ1v) is 45.5. The third-order valence-corrected chi connectivity index (χ3v) is 27.0. The van der Waals surface area contributed by atoms with Crippen LogP contribution >= 0.6 is 57.1 Å². The number of unbranched alkanes of at least 4 members (excludes halogenated alkanes) is 40. The average Bonchev–Trinajstić information content (AvgIpc) is 1.58. The molecule has 0 saturated carbocycles. The van der Waals surface area contributed by atoms with Gasteiger partial charge in [0.1, 0.15) is 11.0 Å². The van der Waals surface area contributed by atoms with Crippen LogP contribution in [0.2, 0.25) is 0 Å². The molecule has 0 aliphatic rings. The third-order valence-electron chi connectivity index (χ3n) is 21.0. The van der Waals surface area contributed by atoms with Crippen LogP contribution in [0.3, 0.4) is 0 Å². The summed E-state index contributed by atoms with van der Waals surface area (Å²) < 4.78 is 36.2. The van der Waals surface area contributed by atoms with Gasteiger partial charge in [-0.15, -0.1) is 45.3 Å². The van der Waals surface area contributed by atoms with Crippen molar-refractivity contribution < 1.29 is 38.1 Å². The van der Waals surface area contributed by atoms with Crippen LogP contribution in [0.25, 0.3) is 61.8 Å². The smallest absolute Gasteiger partial charge is 0.340 e. The third kappa shape index (κ3) is 27.6. The lowest BCUT2D eigenvalue weighted by Gasteiger charge is -2.20. The Bertz CT molecular complexity index is 3490. The molecule has 5 heterocycles. The van der Waals surface area contributed by atoms with Gasteiger partial charge in [0, 0.05) is 46.3 Å². The summed E-state index contributed by atoms with van der Waals surface area (Å²) in [7, 11) is 0. The fraction of sp³-hybridized carbons (Fsp3) is 0.682. The SMILES string of the molecule is CCCCCCCCCCCCCCOC(=O)c1cc(-c2ccc(-c3cc(C(=O)OCCCCCCCCCCCCCC)c(C(C)C)s3)c3nsnc23)sc1-c1cc2c(C(=O)OCCCCCCCCCCCC)c3sc(C(C)(C)CC)cc3c(C(=O)OCCCCCCCCCCCC)c2s1. The van der Waals surface area contributed by atoms with E-state index < -0.39 is 17.9 Å². The Morgan fingerprint density at radius 2 is 0.689 bits per heavy atom. The molecule has 7 rings (SSSR count). The Morgan fingerprint density at radius 3 is 1.06 bits per heavy atom. The van der Waals surface area contributed by atoms with Gasteiger partial charge in [0.15, 0.2) is 0 Å². The number of carbonyl (C=O) groups is 4. The van der Waals surface area contributed by atoms with Gasteiger partial charge in [-0.1, -0.05) is 331 Å². The van der Waals surface area contributed by atoms with Gasteiger partial charge < -0.3 is 18.9 Å². The summed E-state index contributed by atoms with van der Waals surface area (Å²) in [6.07, 6.45) is 53.8. The van der Waals surface area contributed by atoms with Crippen LogP contribution in [-0.4, -0.2) is 59.1 Å². The zero-order valence-electron chi connectivity index (χ0n) is 65.4. The molecule has 0 spiro atoms. The van der Waals surface area contributed by atoms with Crippen molar-refractivity contribution in [3.05, 3.63) is 68.4 Å². The standard InChI is InChI=1S/C88H132N2O8S5/c1-10-15-19-23-27-31-35-37-41-43-47-51-57-95-84(91)70-62-72(99-80(70)65(6)7)66-55-56-67(79-78(66)89-103-90-79)73-63-71(85(92)96-58-52-48-44-42-38-36-32-28-24-20-16-11-2)81(100-73)74-61-68-76(86(93)97-59-53-49-45-39-33-29-25-21-17-12-3)83-69(64-75(102-83)88(8,9)14-5)77(82(68)101-74)87(94)98-60-54-50-46-40-34-30-26-22-18-13-4/h55-56,61-65H,10-54,57-60H2,1-9H3. The molecule has 0 amide bonds. The van der Waals surface area contributed by atoms with E-state index in [0.717, 1.165) is 141 Å². The monoisotopic (exact) mass is 1500 g/mol. The predicted molar refractivity (Wildman–Crippen MR) is 445 cm³/mol. The minimum Gasteiger partial charge on any atom is -0.462 e. The minimum absolute atomic E-state index is 0.0988. The zero-order chi connectivity index (χ0) is 73.4. The molecule has 0 fully saturated rings. The highest BCUT2D eigenvalue weighted by atomic mass is 32.1. The molecule has 572 valence electrons. The number of aromatic nitrogens is 2. The summed E-state index contributed by atoms with van der Waals surface area (Å²) in [6, 6.07) is 12.2. The molecule has 103 heavy (non-hydrogen) atoms. The Morgan fingerprint density at radius 1 is 0.369 bits per heavy atom. The van der Waals surface area contributed by atoms with Crippen LogP contribution in [-0.2, 0) is 24.4 Å². The second-order valence-electron chi connectivity index (χ2n) is 30.4. The van der Waals surface area contributed by atoms with Crippen molar-refractivity contribution in [3.8, 4) is 30.6 Å². The lowest BCUT2D eigenvalue weighted by molar-refractivity contribution is 0.0488. The number of esters is 4. The highest BCUT2D eigenvalue weighted by Crippen LogP contribution is 2.51. The molecule has 7 aromatic rings. The molecular formula is C88H132N2O8S5. The highest BCUT2D eigenvalue weighted by Gasteiger charge is 2.33. The van der Waals surface area contributed by atoms with Gasteiger partial charge in [0.05, 0.1) is 74.7 Å². The number of fused-ring (bicyclic) bond motifs is 3. The van der Waals surface area contributed by atoms with E-state index in [9.17, 15) is 9.59 Å². The molecule has 0 N–H and O–H groups in total. The quantitative estimate of drug-likeness (QED) is 0.0206. The van der Waals surface area contributed by atoms with Crippen molar-refractivity contribution in [2.24, 2.45) is 0 Å². The fourth-order valence-electron chi connectivity index (χ4n) is 14.1. The Balaban J connectivity index is 1.21. The molecule has 0 bridgehead atoms. The van der Waals surface area contributed by atoms with E-state index in [4.69, 9.17) is 27.7 Å². The van der Waals surface area contributed by atoms with Crippen LogP contribution in [0.1, 0.15) is 408 Å². The van der Waals surface area contributed by atoms with E-state index >= 15 is 9.59 Å². The number of ether oxygens (including phenoxy) is 4. The van der Waals surface area contributed by atoms with E-state index in [2.05, 4.69) is 80.5 Å². The second-order valence-corrected chi connectivity index (χ2v) is 35.2. The molecular weight excluding hydrogens is 1370 g/mol. The number of nitrogens with zero attached hydrogens (tertiary/aromatic N) is 2. The summed E-state index contributed by atoms with van der Waals surface area (Å²) in [4.78, 5) is 64.5. The fourth-order valence-corrected chi connectivity index (χ4v) is 19.7. The largest absolute Gasteiger partial charge is 0.462 e. The van der Waals surface area contributed by atoms with Gasteiger partial charge in [-0.25, -0.2) is 19.2 Å². The highest BCUT2D eigenvalue weighted by molar-refractivity contribution is 7.28. The lowest BCUT2D eigenvalue weighted by Crippen LogP contribution is -2.13. The van der Waals surface area contributed by atoms with Crippen LogP contribution in [0, 0.1) is 0 Å². The number of hydrogen-bond acceptors (Lipinski definition) is 15. The summed E-state index contributed by atoms with van der Waals surface area (Å²) in [6.45, 7) is 21.2. The Labute approximate surface area is 642 Å². The van der Waals surface area contributed by atoms with Gasteiger partial charge in [0.2, 0.25) is 0 Å². The van der Waals surface area contributed by atoms with Crippen molar-refractivity contribution in [2.75, 3.05) is 26.4 Å². The number of hydrogen-bond donors (Lipinski definition) is 0. The van der Waals surface area contributed by atoms with Crippen molar-refractivity contribution in [1.29, 1.82) is 0 Å². The molecule has 0 saturated heterocycles. The summed E-state index contributed by atoms with van der Waals surface area (Å²) in [5, 5.41) is 1.33. The molecule has 0 unspecified atom stereocenters. The lowest BCUT2D eigenvalue weighted by atomic mass is 9.88. The van der Waals surface area contributed by atoms with E-state index in [-0.39, 0.29) is 17.3 Å². The van der Waals surface area contributed by atoms with E-state index in [1.165, 1.54) is 228 Å². The molecule has 15 heteroatoms.